The number of rotatable bonds is 2. The average molecular weight is 358 g/mol. The zero-order valence-corrected chi connectivity index (χ0v) is 15.9. The van der Waals surface area contributed by atoms with Gasteiger partial charge < -0.3 is 21.9 Å². The van der Waals surface area contributed by atoms with E-state index in [1.165, 1.54) is 12.8 Å². The molecule has 12 nitrogen and oxygen atoms in total. The van der Waals surface area contributed by atoms with Crippen LogP contribution in [0.2, 0.25) is 0 Å². The molecular weight excluding hydrogens is 324 g/mol. The molecule has 0 heterocycles. The number of hydrogen-bond donors (Lipinski definition) is 4. The molecule has 0 bridgehead atoms. The molecule has 0 aliphatic heterocycles. The molecule has 24 heavy (non-hydrogen) atoms. The quantitative estimate of drug-likeness (QED) is 0.327. The van der Waals surface area contributed by atoms with Gasteiger partial charge in [0.05, 0.1) is 0 Å². The van der Waals surface area contributed by atoms with E-state index in [9.17, 15) is 0 Å². The molecular formula is C12H34N6O6. The first-order valence-electron chi connectivity index (χ1n) is 7.18. The first kappa shape index (κ1) is 33.5. The molecule has 0 atom stereocenters. The van der Waals surface area contributed by atoms with Crippen LogP contribution in [0.25, 0.3) is 0 Å². The lowest BCUT2D eigenvalue weighted by molar-refractivity contribution is -0.742. The molecule has 0 saturated carbocycles. The SMILES string of the molecule is CC(C)(N)N=NC(C)(C)N.CCC.CCC.O=[N+]([O-])O.O=[N+]([O-])O. The van der Waals surface area contributed by atoms with Gasteiger partial charge in [-0.3, -0.25) is 0 Å². The van der Waals surface area contributed by atoms with Gasteiger partial charge in [0.2, 0.25) is 0 Å². The van der Waals surface area contributed by atoms with Crippen LogP contribution < -0.4 is 11.5 Å². The van der Waals surface area contributed by atoms with Gasteiger partial charge >= 0.3 is 0 Å². The molecule has 12 heteroatoms. The van der Waals surface area contributed by atoms with Gasteiger partial charge in [-0.05, 0) is 27.7 Å². The lowest BCUT2D eigenvalue weighted by atomic mass is 10.3. The van der Waals surface area contributed by atoms with Crippen molar-refractivity contribution in [1.29, 1.82) is 0 Å². The normalized spacial score (nSPS) is 9.58. The maximum absolute atomic E-state index is 8.36. The van der Waals surface area contributed by atoms with E-state index < -0.39 is 21.5 Å². The van der Waals surface area contributed by atoms with Crippen LogP contribution in [0.15, 0.2) is 10.2 Å². The van der Waals surface area contributed by atoms with Crippen molar-refractivity contribution in [3.8, 4) is 0 Å². The molecule has 0 rings (SSSR count). The predicted octanol–water partition coefficient (Wildman–Crippen LogP) is 2.97. The van der Waals surface area contributed by atoms with Gasteiger partial charge in [-0.15, -0.1) is 20.2 Å². The maximum atomic E-state index is 8.36. The summed E-state index contributed by atoms with van der Waals surface area (Å²) in [4.78, 5) is 16.7. The summed E-state index contributed by atoms with van der Waals surface area (Å²) >= 11 is 0. The van der Waals surface area contributed by atoms with Crippen molar-refractivity contribution >= 4 is 0 Å². The largest absolute Gasteiger partial charge is 0.328 e. The summed E-state index contributed by atoms with van der Waals surface area (Å²) in [6.07, 6.45) is 2.50. The summed E-state index contributed by atoms with van der Waals surface area (Å²) in [6, 6.07) is 0. The lowest BCUT2D eigenvalue weighted by Crippen LogP contribution is -2.33. The third kappa shape index (κ3) is 295. The maximum Gasteiger partial charge on any atom is 0.291 e. The Morgan fingerprint density at radius 1 is 0.792 bits per heavy atom. The Hall–Kier alpha value is -2.08. The fourth-order valence-electron chi connectivity index (χ4n) is 0.258. The standard InChI is InChI=1S/C6H16N4.2C3H8.2HNO3/c1-5(2,7)9-10-6(3,4)8;2*1-3-2;2*2-1(3)4/h7-8H2,1-4H3;2*3H2,1-2H3;2*(H,2,3,4). The Morgan fingerprint density at radius 3 is 0.917 bits per heavy atom. The molecule has 0 saturated heterocycles. The van der Waals surface area contributed by atoms with Gasteiger partial charge in [0, 0.05) is 0 Å². The highest BCUT2D eigenvalue weighted by atomic mass is 16.9. The molecule has 0 amide bonds. The minimum atomic E-state index is -1.50. The fourth-order valence-corrected chi connectivity index (χ4v) is 0.258. The van der Waals surface area contributed by atoms with Crippen molar-refractivity contribution in [2.24, 2.45) is 21.7 Å². The van der Waals surface area contributed by atoms with Crippen LogP contribution in [-0.2, 0) is 0 Å². The smallest absolute Gasteiger partial charge is 0.291 e. The summed E-state index contributed by atoms with van der Waals surface area (Å²) in [5, 5.41) is 34.9. The Morgan fingerprint density at radius 2 is 0.875 bits per heavy atom. The molecule has 6 N–H and O–H groups in total. The number of azo groups is 1. The van der Waals surface area contributed by atoms with E-state index in [4.69, 9.17) is 42.1 Å². The van der Waals surface area contributed by atoms with Crippen LogP contribution in [0.3, 0.4) is 0 Å². The highest BCUT2D eigenvalue weighted by molar-refractivity contribution is 4.70. The topological polar surface area (TPSA) is 203 Å². The molecule has 0 radical (unpaired) electrons. The third-order valence-electron chi connectivity index (χ3n) is 0.565. The van der Waals surface area contributed by atoms with Gasteiger partial charge in [-0.2, -0.15) is 10.2 Å². The molecule has 0 aliphatic carbocycles. The van der Waals surface area contributed by atoms with E-state index in [1.54, 1.807) is 27.7 Å². The minimum Gasteiger partial charge on any atom is -0.328 e. The Kier molecular flexibility index (Phi) is 29.2. The average Bonchev–Trinajstić information content (AvgIpc) is 2.25. The highest BCUT2D eigenvalue weighted by Gasteiger charge is 2.12. The molecule has 0 aromatic heterocycles. The summed E-state index contributed by atoms with van der Waals surface area (Å²) < 4.78 is 0. The number of hydrogen-bond acceptors (Lipinski definition) is 8. The van der Waals surface area contributed by atoms with Crippen LogP contribution in [0.5, 0.6) is 0 Å². The van der Waals surface area contributed by atoms with Crippen molar-refractivity contribution < 1.29 is 20.6 Å². The molecule has 0 spiro atoms. The van der Waals surface area contributed by atoms with Crippen molar-refractivity contribution in [3.05, 3.63) is 20.2 Å². The van der Waals surface area contributed by atoms with E-state index in [1.807, 2.05) is 0 Å². The number of nitrogens with zero attached hydrogens (tertiary/aromatic N) is 4. The molecule has 0 unspecified atom stereocenters. The van der Waals surface area contributed by atoms with Crippen molar-refractivity contribution in [1.82, 2.24) is 0 Å². The van der Waals surface area contributed by atoms with Crippen LogP contribution >= 0.6 is 0 Å². The van der Waals surface area contributed by atoms with Crippen LogP contribution in [0, 0.1) is 20.2 Å². The Balaban J connectivity index is -0.0000000718. The summed E-state index contributed by atoms with van der Waals surface area (Å²) in [6.45, 7) is 15.6. The predicted molar refractivity (Wildman–Crippen MR) is 90.9 cm³/mol. The van der Waals surface area contributed by atoms with Gasteiger partial charge in [0.1, 0.15) is 11.3 Å². The van der Waals surface area contributed by atoms with Crippen LogP contribution in [0.1, 0.15) is 68.2 Å². The van der Waals surface area contributed by atoms with E-state index in [0.717, 1.165) is 0 Å². The van der Waals surface area contributed by atoms with Gasteiger partial charge in [0.25, 0.3) is 10.2 Å². The van der Waals surface area contributed by atoms with Crippen molar-refractivity contribution in [2.45, 2.75) is 79.6 Å². The number of nitrogens with two attached hydrogens (primary N) is 2. The van der Waals surface area contributed by atoms with Gasteiger partial charge in [-0.25, -0.2) is 0 Å². The lowest BCUT2D eigenvalue weighted by Gasteiger charge is -2.15. The molecule has 148 valence electrons. The van der Waals surface area contributed by atoms with Crippen LogP contribution in [-0.4, -0.2) is 31.9 Å². The second-order valence-corrected chi connectivity index (χ2v) is 5.40. The van der Waals surface area contributed by atoms with Gasteiger partial charge in [-0.1, -0.05) is 40.5 Å². The molecule has 0 fully saturated rings. The second kappa shape index (κ2) is 20.9. The van der Waals surface area contributed by atoms with E-state index in [-0.39, 0.29) is 0 Å². The summed E-state index contributed by atoms with van der Waals surface area (Å²) in [5.41, 5.74) is 9.82. The monoisotopic (exact) mass is 358 g/mol. The molecule has 0 aromatic rings. The second-order valence-electron chi connectivity index (χ2n) is 5.40. The zero-order valence-electron chi connectivity index (χ0n) is 15.9. The minimum absolute atomic E-state index is 0.614. The Bertz CT molecular complexity index is 274. The van der Waals surface area contributed by atoms with E-state index >= 15 is 0 Å². The summed E-state index contributed by atoms with van der Waals surface area (Å²) in [7, 11) is 0. The van der Waals surface area contributed by atoms with E-state index in [2.05, 4.69) is 37.9 Å². The third-order valence-corrected chi connectivity index (χ3v) is 0.565. The molecule has 0 aliphatic rings. The van der Waals surface area contributed by atoms with E-state index in [0.29, 0.717) is 0 Å². The zero-order chi connectivity index (χ0) is 21.0. The fraction of sp³-hybridized carbons (Fsp3) is 1.00. The first-order valence-corrected chi connectivity index (χ1v) is 7.18. The van der Waals surface area contributed by atoms with Gasteiger partial charge in [0.15, 0.2) is 0 Å². The first-order chi connectivity index (χ1) is 10.5. The van der Waals surface area contributed by atoms with Crippen molar-refractivity contribution in [2.75, 3.05) is 0 Å². The highest BCUT2D eigenvalue weighted by Crippen LogP contribution is 2.05. The molecule has 0 aromatic carbocycles. The van der Waals surface area contributed by atoms with Crippen LogP contribution in [0.4, 0.5) is 0 Å². The Labute approximate surface area is 143 Å². The van der Waals surface area contributed by atoms with Crippen molar-refractivity contribution in [3.63, 3.8) is 0 Å². The summed E-state index contributed by atoms with van der Waals surface area (Å²) in [5.74, 6) is 0.